The summed E-state index contributed by atoms with van der Waals surface area (Å²) in [6.07, 6.45) is -1.54. The predicted octanol–water partition coefficient (Wildman–Crippen LogP) is 2.30. The van der Waals surface area contributed by atoms with E-state index < -0.39 is 17.1 Å². The number of likely N-dealkylation sites (N-methyl/N-ethyl adjacent to an activating group) is 1. The van der Waals surface area contributed by atoms with Crippen molar-refractivity contribution < 1.29 is 14.8 Å². The van der Waals surface area contributed by atoms with E-state index in [-0.39, 0.29) is 11.4 Å². The van der Waals surface area contributed by atoms with E-state index >= 15 is 0 Å². The second kappa shape index (κ2) is 7.53. The van der Waals surface area contributed by atoms with Gasteiger partial charge in [-0.05, 0) is 18.7 Å². The smallest absolute Gasteiger partial charge is 0.310 e. The Kier molecular flexibility index (Phi) is 5.46. The molecule has 2 atom stereocenters. The lowest BCUT2D eigenvalue weighted by Gasteiger charge is -2.24. The molecule has 0 heterocycles. The van der Waals surface area contributed by atoms with Crippen LogP contribution in [0.4, 0.5) is 5.69 Å². The fourth-order valence-corrected chi connectivity index (χ4v) is 2.17. The normalized spacial score (nSPS) is 13.4. The van der Waals surface area contributed by atoms with Gasteiger partial charge < -0.3 is 15.2 Å². The molecule has 2 aromatic rings. The zero-order valence-electron chi connectivity index (χ0n) is 12.2. The first-order valence-corrected chi connectivity index (χ1v) is 6.91. The Morgan fingerprint density at radius 1 is 1.18 bits per heavy atom. The van der Waals surface area contributed by atoms with Gasteiger partial charge in [0.1, 0.15) is 6.10 Å². The molecular formula is C16H18N2O4. The van der Waals surface area contributed by atoms with Crippen molar-refractivity contribution in [2.75, 3.05) is 13.6 Å². The molecule has 6 nitrogen and oxygen atoms in total. The van der Waals surface area contributed by atoms with Crippen LogP contribution in [0.25, 0.3) is 0 Å². The van der Waals surface area contributed by atoms with Crippen molar-refractivity contribution in [3.8, 4) is 5.75 Å². The minimum absolute atomic E-state index is 0.125. The van der Waals surface area contributed by atoms with Crippen molar-refractivity contribution in [1.29, 1.82) is 0 Å². The summed E-state index contributed by atoms with van der Waals surface area (Å²) in [4.78, 5) is 10.6. The van der Waals surface area contributed by atoms with E-state index in [9.17, 15) is 15.2 Å². The number of nitrogens with one attached hydrogen (secondary N) is 1. The molecule has 116 valence electrons. The van der Waals surface area contributed by atoms with Crippen molar-refractivity contribution in [3.05, 3.63) is 70.3 Å². The van der Waals surface area contributed by atoms with Crippen LogP contribution in [-0.2, 0) is 0 Å². The van der Waals surface area contributed by atoms with E-state index in [4.69, 9.17) is 4.74 Å². The Balaban J connectivity index is 2.33. The van der Waals surface area contributed by atoms with Gasteiger partial charge in [-0.1, -0.05) is 42.5 Å². The Labute approximate surface area is 128 Å². The van der Waals surface area contributed by atoms with Gasteiger partial charge in [-0.15, -0.1) is 0 Å². The minimum atomic E-state index is -0.841. The fourth-order valence-electron chi connectivity index (χ4n) is 2.17. The maximum Gasteiger partial charge on any atom is 0.310 e. The monoisotopic (exact) mass is 302 g/mol. The van der Waals surface area contributed by atoms with E-state index in [0.717, 1.165) is 5.56 Å². The van der Waals surface area contributed by atoms with Crippen molar-refractivity contribution in [2.24, 2.45) is 0 Å². The van der Waals surface area contributed by atoms with E-state index in [1.807, 2.05) is 30.3 Å². The molecule has 0 aliphatic carbocycles. The molecule has 2 aromatic carbocycles. The summed E-state index contributed by atoms with van der Waals surface area (Å²) >= 11 is 0. The number of ether oxygens (including phenoxy) is 1. The number of nitro groups is 1. The second-order valence-electron chi connectivity index (χ2n) is 4.80. The average molecular weight is 302 g/mol. The average Bonchev–Trinajstić information content (AvgIpc) is 2.53. The highest BCUT2D eigenvalue weighted by atomic mass is 16.6. The predicted molar refractivity (Wildman–Crippen MR) is 82.8 cm³/mol. The summed E-state index contributed by atoms with van der Waals surface area (Å²) in [5, 5.41) is 24.3. The number of hydrogen-bond acceptors (Lipinski definition) is 5. The molecule has 2 rings (SSSR count). The number of nitrogens with zero attached hydrogens (tertiary/aromatic N) is 1. The molecular weight excluding hydrogens is 284 g/mol. The first-order chi connectivity index (χ1) is 10.6. The van der Waals surface area contributed by atoms with Gasteiger partial charge in [0.25, 0.3) is 0 Å². The number of rotatable bonds is 7. The van der Waals surface area contributed by atoms with E-state index in [0.29, 0.717) is 6.54 Å². The Hall–Kier alpha value is -2.44. The molecule has 6 heteroatoms. The summed E-state index contributed by atoms with van der Waals surface area (Å²) in [5.74, 6) is 0.136. The van der Waals surface area contributed by atoms with Crippen molar-refractivity contribution >= 4 is 5.69 Å². The molecule has 0 aromatic heterocycles. The summed E-state index contributed by atoms with van der Waals surface area (Å²) < 4.78 is 5.78. The van der Waals surface area contributed by atoms with E-state index in [1.165, 1.54) is 12.1 Å². The largest absolute Gasteiger partial charge is 0.476 e. The molecule has 2 unspecified atom stereocenters. The third-order valence-corrected chi connectivity index (χ3v) is 3.21. The van der Waals surface area contributed by atoms with Crippen LogP contribution in [0.2, 0.25) is 0 Å². The molecule has 0 saturated heterocycles. The number of nitro benzene ring substituents is 1. The Morgan fingerprint density at radius 3 is 2.45 bits per heavy atom. The van der Waals surface area contributed by atoms with Gasteiger partial charge in [0.2, 0.25) is 0 Å². The van der Waals surface area contributed by atoms with Crippen LogP contribution in [0.15, 0.2) is 54.6 Å². The van der Waals surface area contributed by atoms with Gasteiger partial charge in [0.05, 0.1) is 4.92 Å². The van der Waals surface area contributed by atoms with Crippen LogP contribution in [-0.4, -0.2) is 29.7 Å². The van der Waals surface area contributed by atoms with Gasteiger partial charge >= 0.3 is 5.69 Å². The van der Waals surface area contributed by atoms with E-state index in [1.54, 1.807) is 19.2 Å². The Bertz CT molecular complexity index is 619. The van der Waals surface area contributed by atoms with Gasteiger partial charge in [-0.3, -0.25) is 10.1 Å². The third-order valence-electron chi connectivity index (χ3n) is 3.21. The molecule has 2 N–H and O–H groups in total. The number of aliphatic hydroxyl groups excluding tert-OH is 1. The van der Waals surface area contributed by atoms with Crippen molar-refractivity contribution in [3.63, 3.8) is 0 Å². The van der Waals surface area contributed by atoms with Gasteiger partial charge in [0.15, 0.2) is 11.9 Å². The lowest BCUT2D eigenvalue weighted by Crippen LogP contribution is -2.32. The maximum absolute atomic E-state index is 11.1. The summed E-state index contributed by atoms with van der Waals surface area (Å²) in [5.41, 5.74) is 0.628. The van der Waals surface area contributed by atoms with E-state index in [2.05, 4.69) is 5.32 Å². The first kappa shape index (κ1) is 15.9. The molecule has 22 heavy (non-hydrogen) atoms. The molecule has 0 bridgehead atoms. The number of para-hydroxylation sites is 2. The summed E-state index contributed by atoms with van der Waals surface area (Å²) in [7, 11) is 1.72. The zero-order chi connectivity index (χ0) is 15.9. The van der Waals surface area contributed by atoms with Gasteiger partial charge in [-0.2, -0.15) is 0 Å². The SMILES string of the molecule is CNCC(O)C(Oc1ccccc1[N+](=O)[O-])c1ccccc1. The minimum Gasteiger partial charge on any atom is -0.476 e. The third kappa shape index (κ3) is 3.81. The summed E-state index contributed by atoms with van der Waals surface area (Å²) in [6, 6.07) is 15.3. The van der Waals surface area contributed by atoms with Crippen molar-refractivity contribution in [2.45, 2.75) is 12.2 Å². The fraction of sp³-hybridized carbons (Fsp3) is 0.250. The highest BCUT2D eigenvalue weighted by Gasteiger charge is 2.25. The van der Waals surface area contributed by atoms with Crippen LogP contribution in [0.5, 0.6) is 5.75 Å². The number of benzene rings is 2. The maximum atomic E-state index is 11.1. The highest BCUT2D eigenvalue weighted by molar-refractivity contribution is 5.46. The quantitative estimate of drug-likeness (QED) is 0.605. The lowest BCUT2D eigenvalue weighted by atomic mass is 10.0. The number of aliphatic hydroxyl groups is 1. The van der Waals surface area contributed by atoms with Gasteiger partial charge in [-0.25, -0.2) is 0 Å². The molecule has 0 aliphatic heterocycles. The van der Waals surface area contributed by atoms with Crippen LogP contribution < -0.4 is 10.1 Å². The molecule has 0 aliphatic rings. The summed E-state index contributed by atoms with van der Waals surface area (Å²) in [6.45, 7) is 0.306. The van der Waals surface area contributed by atoms with Gasteiger partial charge in [0, 0.05) is 12.6 Å². The number of hydrogen-bond donors (Lipinski definition) is 2. The van der Waals surface area contributed by atoms with Crippen LogP contribution in [0.3, 0.4) is 0 Å². The molecule has 0 radical (unpaired) electrons. The standard InChI is InChI=1S/C16H18N2O4/c1-17-11-14(19)16(12-7-3-2-4-8-12)22-15-10-6-5-9-13(15)18(20)21/h2-10,14,16-17,19H,11H2,1H3. The van der Waals surface area contributed by atoms with Crippen LogP contribution >= 0.6 is 0 Å². The first-order valence-electron chi connectivity index (χ1n) is 6.91. The molecule has 0 amide bonds. The zero-order valence-corrected chi connectivity index (χ0v) is 12.2. The molecule has 0 fully saturated rings. The second-order valence-corrected chi connectivity index (χ2v) is 4.80. The highest BCUT2D eigenvalue weighted by Crippen LogP contribution is 2.32. The van der Waals surface area contributed by atoms with Crippen molar-refractivity contribution in [1.82, 2.24) is 5.32 Å². The van der Waals surface area contributed by atoms with Crippen LogP contribution in [0.1, 0.15) is 11.7 Å². The lowest BCUT2D eigenvalue weighted by molar-refractivity contribution is -0.386. The van der Waals surface area contributed by atoms with Crippen LogP contribution in [0, 0.1) is 10.1 Å². The topological polar surface area (TPSA) is 84.6 Å². The molecule has 0 spiro atoms. The molecule has 0 saturated carbocycles. The Morgan fingerprint density at radius 2 is 1.82 bits per heavy atom.